The highest BCUT2D eigenvalue weighted by Crippen LogP contribution is 2.27. The van der Waals surface area contributed by atoms with E-state index in [0.29, 0.717) is 0 Å². The molecule has 3 rings (SSSR count). The lowest BCUT2D eigenvalue weighted by Gasteiger charge is -2.32. The lowest BCUT2D eigenvalue weighted by atomic mass is 9.98. The minimum atomic E-state index is 0.925. The monoisotopic (exact) mass is 252 g/mol. The van der Waals surface area contributed by atoms with E-state index in [9.17, 15) is 0 Å². The molecule has 0 fully saturated rings. The molecule has 98 valence electrons. The Hall–Kier alpha value is -1.80. The number of para-hydroxylation sites is 1. The van der Waals surface area contributed by atoms with E-state index in [4.69, 9.17) is 0 Å². The summed E-state index contributed by atoms with van der Waals surface area (Å²) in [7, 11) is 2.00. The van der Waals surface area contributed by atoms with E-state index >= 15 is 0 Å². The molecular formula is C17H20N2. The van der Waals surface area contributed by atoms with Crippen molar-refractivity contribution in [1.82, 2.24) is 5.32 Å². The van der Waals surface area contributed by atoms with Crippen LogP contribution in [-0.2, 0) is 19.5 Å². The highest BCUT2D eigenvalue weighted by molar-refractivity contribution is 5.55. The first-order valence-corrected chi connectivity index (χ1v) is 6.92. The molecule has 0 bridgehead atoms. The molecular weight excluding hydrogens is 232 g/mol. The lowest BCUT2D eigenvalue weighted by molar-refractivity contribution is 0.720. The van der Waals surface area contributed by atoms with Crippen molar-refractivity contribution < 1.29 is 0 Å². The first-order valence-electron chi connectivity index (χ1n) is 6.92. The normalized spacial score (nSPS) is 14.3. The number of hydrogen-bond donors (Lipinski definition) is 1. The van der Waals surface area contributed by atoms with Gasteiger partial charge in [0.1, 0.15) is 0 Å². The second-order valence-electron chi connectivity index (χ2n) is 5.10. The predicted molar refractivity (Wildman–Crippen MR) is 80.4 cm³/mol. The molecule has 0 aromatic heterocycles. The van der Waals surface area contributed by atoms with Crippen LogP contribution in [0, 0.1) is 0 Å². The molecule has 0 amide bonds. The van der Waals surface area contributed by atoms with E-state index < -0.39 is 0 Å². The van der Waals surface area contributed by atoms with Gasteiger partial charge in [-0.15, -0.1) is 0 Å². The predicted octanol–water partition coefficient (Wildman–Crippen LogP) is 2.97. The minimum Gasteiger partial charge on any atom is -0.367 e. The summed E-state index contributed by atoms with van der Waals surface area (Å²) >= 11 is 0. The molecule has 1 N–H and O–H groups in total. The van der Waals surface area contributed by atoms with Crippen LogP contribution in [0.15, 0.2) is 48.5 Å². The molecule has 1 heterocycles. The van der Waals surface area contributed by atoms with Crippen LogP contribution in [0.3, 0.4) is 0 Å². The zero-order chi connectivity index (χ0) is 13.1. The van der Waals surface area contributed by atoms with E-state index in [1.807, 2.05) is 7.05 Å². The Balaban J connectivity index is 1.89. The van der Waals surface area contributed by atoms with Gasteiger partial charge in [-0.05, 0) is 36.2 Å². The van der Waals surface area contributed by atoms with Crippen LogP contribution in [0.1, 0.15) is 16.7 Å². The van der Waals surface area contributed by atoms with Crippen LogP contribution in [-0.4, -0.2) is 13.6 Å². The van der Waals surface area contributed by atoms with Crippen LogP contribution in [0.5, 0.6) is 0 Å². The van der Waals surface area contributed by atoms with Crippen LogP contribution >= 0.6 is 0 Å². The maximum atomic E-state index is 3.26. The Morgan fingerprint density at radius 3 is 2.58 bits per heavy atom. The minimum absolute atomic E-state index is 0.925. The Bertz CT molecular complexity index is 563. The summed E-state index contributed by atoms with van der Waals surface area (Å²) in [4.78, 5) is 2.50. The van der Waals surface area contributed by atoms with Gasteiger partial charge in [0.25, 0.3) is 0 Å². The number of rotatable bonds is 3. The Kier molecular flexibility index (Phi) is 3.51. The summed E-state index contributed by atoms with van der Waals surface area (Å²) < 4.78 is 0. The van der Waals surface area contributed by atoms with Crippen molar-refractivity contribution in [2.24, 2.45) is 0 Å². The molecule has 2 aromatic carbocycles. The van der Waals surface area contributed by atoms with Crippen molar-refractivity contribution >= 4 is 5.69 Å². The van der Waals surface area contributed by atoms with Crippen LogP contribution in [0.4, 0.5) is 5.69 Å². The van der Waals surface area contributed by atoms with Crippen molar-refractivity contribution in [2.45, 2.75) is 19.5 Å². The first-order chi connectivity index (χ1) is 9.38. The van der Waals surface area contributed by atoms with E-state index in [-0.39, 0.29) is 0 Å². The summed E-state index contributed by atoms with van der Waals surface area (Å²) in [5, 5.41) is 3.26. The van der Waals surface area contributed by atoms with Gasteiger partial charge < -0.3 is 10.2 Å². The fourth-order valence-corrected chi connectivity index (χ4v) is 2.86. The van der Waals surface area contributed by atoms with Crippen LogP contribution < -0.4 is 10.2 Å². The van der Waals surface area contributed by atoms with Crippen molar-refractivity contribution in [3.05, 3.63) is 65.2 Å². The number of nitrogens with zero attached hydrogens (tertiary/aromatic N) is 1. The van der Waals surface area contributed by atoms with Gasteiger partial charge in [0.15, 0.2) is 0 Å². The first kappa shape index (κ1) is 12.2. The van der Waals surface area contributed by atoms with Crippen LogP contribution in [0.25, 0.3) is 0 Å². The van der Waals surface area contributed by atoms with Gasteiger partial charge in [0.05, 0.1) is 0 Å². The second-order valence-corrected chi connectivity index (χ2v) is 5.10. The number of benzene rings is 2. The second kappa shape index (κ2) is 5.45. The maximum Gasteiger partial charge on any atom is 0.0432 e. The van der Waals surface area contributed by atoms with E-state index in [1.165, 1.54) is 22.4 Å². The average Bonchev–Trinajstić information content (AvgIpc) is 2.48. The lowest BCUT2D eigenvalue weighted by Crippen LogP contribution is -2.31. The Labute approximate surface area is 115 Å². The third-order valence-electron chi connectivity index (χ3n) is 3.83. The van der Waals surface area contributed by atoms with Crippen molar-refractivity contribution in [3.8, 4) is 0 Å². The van der Waals surface area contributed by atoms with E-state index in [2.05, 4.69) is 58.7 Å². The smallest absolute Gasteiger partial charge is 0.0432 e. The molecule has 0 atom stereocenters. The zero-order valence-corrected chi connectivity index (χ0v) is 11.4. The summed E-state index contributed by atoms with van der Waals surface area (Å²) in [6.45, 7) is 3.06. The quantitative estimate of drug-likeness (QED) is 0.903. The highest BCUT2D eigenvalue weighted by atomic mass is 15.1. The van der Waals surface area contributed by atoms with E-state index in [0.717, 1.165) is 26.1 Å². The molecule has 1 aliphatic rings. The van der Waals surface area contributed by atoms with Gasteiger partial charge in [-0.3, -0.25) is 0 Å². The number of anilines is 1. The molecule has 0 aliphatic carbocycles. The van der Waals surface area contributed by atoms with Gasteiger partial charge in [-0.25, -0.2) is 0 Å². The maximum absolute atomic E-state index is 3.26. The van der Waals surface area contributed by atoms with Gasteiger partial charge in [0.2, 0.25) is 0 Å². The highest BCUT2D eigenvalue weighted by Gasteiger charge is 2.17. The third-order valence-corrected chi connectivity index (χ3v) is 3.83. The molecule has 2 heteroatoms. The van der Waals surface area contributed by atoms with Gasteiger partial charge in [0, 0.05) is 25.3 Å². The topological polar surface area (TPSA) is 15.3 Å². The van der Waals surface area contributed by atoms with Gasteiger partial charge in [-0.2, -0.15) is 0 Å². The number of hydrogen-bond acceptors (Lipinski definition) is 2. The molecule has 0 radical (unpaired) electrons. The molecule has 2 nitrogen and oxygen atoms in total. The molecule has 0 spiro atoms. The Morgan fingerprint density at radius 1 is 1.00 bits per heavy atom. The molecule has 0 unspecified atom stereocenters. The average molecular weight is 252 g/mol. The SMILES string of the molecule is CNCc1ccccc1N1CCc2ccccc2C1. The van der Waals surface area contributed by atoms with Crippen molar-refractivity contribution in [2.75, 3.05) is 18.5 Å². The summed E-state index contributed by atoms with van der Waals surface area (Å²) in [5.41, 5.74) is 5.72. The Morgan fingerprint density at radius 2 is 1.74 bits per heavy atom. The number of nitrogens with one attached hydrogen (secondary N) is 1. The van der Waals surface area contributed by atoms with Gasteiger partial charge >= 0.3 is 0 Å². The van der Waals surface area contributed by atoms with Gasteiger partial charge in [-0.1, -0.05) is 42.5 Å². The van der Waals surface area contributed by atoms with Crippen molar-refractivity contribution in [1.29, 1.82) is 0 Å². The van der Waals surface area contributed by atoms with Crippen LogP contribution in [0.2, 0.25) is 0 Å². The molecule has 19 heavy (non-hydrogen) atoms. The molecule has 0 saturated heterocycles. The molecule has 1 aliphatic heterocycles. The third kappa shape index (κ3) is 2.49. The summed E-state index contributed by atoms with van der Waals surface area (Å²) in [6.07, 6.45) is 1.14. The fourth-order valence-electron chi connectivity index (χ4n) is 2.86. The largest absolute Gasteiger partial charge is 0.367 e. The molecule has 0 saturated carbocycles. The van der Waals surface area contributed by atoms with E-state index in [1.54, 1.807) is 0 Å². The number of fused-ring (bicyclic) bond motifs is 1. The standard InChI is InChI=1S/C17H20N2/c1-18-12-15-7-4-5-9-17(15)19-11-10-14-6-2-3-8-16(14)13-19/h2-9,18H,10-13H2,1H3. The van der Waals surface area contributed by atoms with Crippen molar-refractivity contribution in [3.63, 3.8) is 0 Å². The summed E-state index contributed by atoms with van der Waals surface area (Å²) in [5.74, 6) is 0. The summed E-state index contributed by atoms with van der Waals surface area (Å²) in [6, 6.07) is 17.5. The fraction of sp³-hybridized carbons (Fsp3) is 0.294. The zero-order valence-electron chi connectivity index (χ0n) is 11.4. The molecule has 2 aromatic rings.